The first-order valence-electron chi connectivity index (χ1n) is 5.70. The molecule has 0 aromatic heterocycles. The van der Waals surface area contributed by atoms with Crippen molar-refractivity contribution in [3.8, 4) is 0 Å². The summed E-state index contributed by atoms with van der Waals surface area (Å²) in [5.74, 6) is 0.0411. The van der Waals surface area contributed by atoms with E-state index in [-0.39, 0.29) is 12.4 Å². The molecule has 0 aliphatic rings. The predicted octanol–water partition coefficient (Wildman–Crippen LogP) is 2.01. The third-order valence-electron chi connectivity index (χ3n) is 2.32. The van der Waals surface area contributed by atoms with Gasteiger partial charge in [-0.05, 0) is 25.8 Å². The number of nitrogens with two attached hydrogens (primary N) is 1. The van der Waals surface area contributed by atoms with E-state index < -0.39 is 0 Å². The standard InChI is InChI=1S/C13H19NO2/c14-9-5-2-6-10-16-11-13(15)12-7-3-1-4-8-12/h1,3-4,7-8H,2,5-6,9-11,14H2. The topological polar surface area (TPSA) is 52.3 Å². The van der Waals surface area contributed by atoms with Crippen molar-refractivity contribution in [3.63, 3.8) is 0 Å². The van der Waals surface area contributed by atoms with Crippen LogP contribution in [0.2, 0.25) is 0 Å². The highest BCUT2D eigenvalue weighted by Crippen LogP contribution is 2.01. The summed E-state index contributed by atoms with van der Waals surface area (Å²) in [6.45, 7) is 1.54. The van der Waals surface area contributed by atoms with Crippen molar-refractivity contribution in [3.05, 3.63) is 35.9 Å². The molecule has 1 aromatic carbocycles. The van der Waals surface area contributed by atoms with Gasteiger partial charge in [-0.25, -0.2) is 0 Å². The van der Waals surface area contributed by atoms with E-state index in [1.54, 1.807) is 12.1 Å². The highest BCUT2D eigenvalue weighted by molar-refractivity contribution is 5.96. The number of benzene rings is 1. The lowest BCUT2D eigenvalue weighted by atomic mass is 10.1. The molecule has 0 fully saturated rings. The molecule has 2 N–H and O–H groups in total. The van der Waals surface area contributed by atoms with Gasteiger partial charge in [0.2, 0.25) is 0 Å². The van der Waals surface area contributed by atoms with Gasteiger partial charge >= 0.3 is 0 Å². The smallest absolute Gasteiger partial charge is 0.188 e. The summed E-state index contributed by atoms with van der Waals surface area (Å²) < 4.78 is 5.31. The number of hydrogen-bond acceptors (Lipinski definition) is 3. The van der Waals surface area contributed by atoms with Gasteiger partial charge in [0.15, 0.2) is 5.78 Å². The highest BCUT2D eigenvalue weighted by Gasteiger charge is 2.03. The Morgan fingerprint density at radius 2 is 1.88 bits per heavy atom. The first-order chi connectivity index (χ1) is 7.84. The number of unbranched alkanes of at least 4 members (excludes halogenated alkanes) is 2. The normalized spacial score (nSPS) is 10.3. The Hall–Kier alpha value is -1.19. The average Bonchev–Trinajstić information content (AvgIpc) is 2.34. The lowest BCUT2D eigenvalue weighted by Crippen LogP contribution is -2.10. The Kier molecular flexibility index (Phi) is 6.45. The molecule has 0 aliphatic heterocycles. The summed E-state index contributed by atoms with van der Waals surface area (Å²) in [6, 6.07) is 9.22. The Morgan fingerprint density at radius 3 is 2.56 bits per heavy atom. The monoisotopic (exact) mass is 221 g/mol. The van der Waals surface area contributed by atoms with E-state index in [1.165, 1.54) is 0 Å². The maximum absolute atomic E-state index is 11.6. The minimum absolute atomic E-state index is 0.0411. The molecule has 3 heteroatoms. The minimum Gasteiger partial charge on any atom is -0.373 e. The Labute approximate surface area is 96.6 Å². The van der Waals surface area contributed by atoms with Crippen LogP contribution in [0.25, 0.3) is 0 Å². The van der Waals surface area contributed by atoms with E-state index >= 15 is 0 Å². The van der Waals surface area contributed by atoms with Crippen LogP contribution in [0.1, 0.15) is 29.6 Å². The number of carbonyl (C=O) groups excluding carboxylic acids is 1. The molecule has 0 radical (unpaired) electrons. The summed E-state index contributed by atoms with van der Waals surface area (Å²) in [6.07, 6.45) is 3.06. The predicted molar refractivity (Wildman–Crippen MR) is 64.5 cm³/mol. The van der Waals surface area contributed by atoms with Crippen LogP contribution < -0.4 is 5.73 Å². The molecule has 1 rings (SSSR count). The molecule has 0 aliphatic carbocycles. The zero-order valence-electron chi connectivity index (χ0n) is 9.52. The lowest BCUT2D eigenvalue weighted by molar-refractivity contribution is 0.0752. The van der Waals surface area contributed by atoms with E-state index in [4.69, 9.17) is 10.5 Å². The van der Waals surface area contributed by atoms with E-state index in [2.05, 4.69) is 0 Å². The fourth-order valence-corrected chi connectivity index (χ4v) is 1.40. The van der Waals surface area contributed by atoms with Crippen LogP contribution in [0, 0.1) is 0 Å². The van der Waals surface area contributed by atoms with Crippen molar-refractivity contribution in [2.45, 2.75) is 19.3 Å². The molecule has 1 aromatic rings. The fourth-order valence-electron chi connectivity index (χ4n) is 1.40. The zero-order chi connectivity index (χ0) is 11.6. The number of Topliss-reactive ketones (excluding diaryl/α,β-unsaturated/α-hetero) is 1. The molecule has 0 saturated heterocycles. The van der Waals surface area contributed by atoms with Gasteiger partial charge in [0.1, 0.15) is 6.61 Å². The van der Waals surface area contributed by atoms with Crippen LogP contribution in [0.4, 0.5) is 0 Å². The maximum Gasteiger partial charge on any atom is 0.188 e. The Balaban J connectivity index is 2.12. The summed E-state index contributed by atoms with van der Waals surface area (Å²) in [5, 5.41) is 0. The summed E-state index contributed by atoms with van der Waals surface area (Å²) in [7, 11) is 0. The molecule has 88 valence electrons. The SMILES string of the molecule is NCCCCCOCC(=O)c1ccccc1. The van der Waals surface area contributed by atoms with Gasteiger partial charge in [-0.1, -0.05) is 30.3 Å². The Morgan fingerprint density at radius 1 is 1.12 bits per heavy atom. The van der Waals surface area contributed by atoms with Crippen molar-refractivity contribution in [2.24, 2.45) is 5.73 Å². The average molecular weight is 221 g/mol. The lowest BCUT2D eigenvalue weighted by Gasteiger charge is -2.03. The molecule has 0 spiro atoms. The minimum atomic E-state index is 0.0411. The molecule has 0 bridgehead atoms. The molecule has 0 unspecified atom stereocenters. The number of carbonyl (C=O) groups is 1. The van der Waals surface area contributed by atoms with Gasteiger partial charge in [0.25, 0.3) is 0 Å². The summed E-state index contributed by atoms with van der Waals surface area (Å²) in [4.78, 5) is 11.6. The Bertz CT molecular complexity index is 298. The number of ether oxygens (including phenoxy) is 1. The quantitative estimate of drug-likeness (QED) is 0.539. The van der Waals surface area contributed by atoms with Crippen LogP contribution in [0.5, 0.6) is 0 Å². The van der Waals surface area contributed by atoms with Gasteiger partial charge in [0, 0.05) is 12.2 Å². The molecule has 3 nitrogen and oxygen atoms in total. The van der Waals surface area contributed by atoms with Crippen molar-refractivity contribution < 1.29 is 9.53 Å². The first kappa shape index (κ1) is 12.9. The van der Waals surface area contributed by atoms with Gasteiger partial charge in [-0.3, -0.25) is 4.79 Å². The third kappa shape index (κ3) is 5.05. The van der Waals surface area contributed by atoms with E-state index in [9.17, 15) is 4.79 Å². The second kappa shape index (κ2) is 8.02. The van der Waals surface area contributed by atoms with Crippen LogP contribution in [-0.2, 0) is 4.74 Å². The van der Waals surface area contributed by atoms with Gasteiger partial charge < -0.3 is 10.5 Å². The van der Waals surface area contributed by atoms with Crippen LogP contribution in [-0.4, -0.2) is 25.5 Å². The first-order valence-corrected chi connectivity index (χ1v) is 5.70. The molecule has 0 atom stereocenters. The molecule has 0 heterocycles. The highest BCUT2D eigenvalue weighted by atomic mass is 16.5. The zero-order valence-corrected chi connectivity index (χ0v) is 9.52. The van der Waals surface area contributed by atoms with Crippen LogP contribution >= 0.6 is 0 Å². The van der Waals surface area contributed by atoms with Gasteiger partial charge in [0.05, 0.1) is 0 Å². The molecule has 0 amide bonds. The molecule has 16 heavy (non-hydrogen) atoms. The van der Waals surface area contributed by atoms with Crippen LogP contribution in [0.3, 0.4) is 0 Å². The molecule has 0 saturated carbocycles. The molecular weight excluding hydrogens is 202 g/mol. The molecular formula is C13H19NO2. The maximum atomic E-state index is 11.6. The second-order valence-electron chi connectivity index (χ2n) is 3.69. The number of ketones is 1. The number of rotatable bonds is 8. The summed E-state index contributed by atoms with van der Waals surface area (Å²) >= 11 is 0. The van der Waals surface area contributed by atoms with E-state index in [1.807, 2.05) is 18.2 Å². The summed E-state index contributed by atoms with van der Waals surface area (Å²) in [5.41, 5.74) is 6.09. The van der Waals surface area contributed by atoms with Crippen molar-refractivity contribution in [2.75, 3.05) is 19.8 Å². The van der Waals surface area contributed by atoms with E-state index in [0.29, 0.717) is 12.2 Å². The second-order valence-corrected chi connectivity index (χ2v) is 3.69. The largest absolute Gasteiger partial charge is 0.373 e. The van der Waals surface area contributed by atoms with Crippen molar-refractivity contribution in [1.29, 1.82) is 0 Å². The van der Waals surface area contributed by atoms with Crippen molar-refractivity contribution in [1.82, 2.24) is 0 Å². The van der Waals surface area contributed by atoms with Crippen LogP contribution in [0.15, 0.2) is 30.3 Å². The van der Waals surface area contributed by atoms with Gasteiger partial charge in [-0.15, -0.1) is 0 Å². The number of hydrogen-bond donors (Lipinski definition) is 1. The van der Waals surface area contributed by atoms with E-state index in [0.717, 1.165) is 25.8 Å². The fraction of sp³-hybridized carbons (Fsp3) is 0.462. The van der Waals surface area contributed by atoms with Crippen molar-refractivity contribution >= 4 is 5.78 Å². The van der Waals surface area contributed by atoms with Gasteiger partial charge in [-0.2, -0.15) is 0 Å². The third-order valence-corrected chi connectivity index (χ3v) is 2.32.